The third-order valence-corrected chi connectivity index (χ3v) is 6.97. The van der Waals surface area contributed by atoms with Gasteiger partial charge in [0.1, 0.15) is 5.82 Å². The van der Waals surface area contributed by atoms with Gasteiger partial charge in [-0.25, -0.2) is 12.8 Å². The summed E-state index contributed by atoms with van der Waals surface area (Å²) >= 11 is 0. The van der Waals surface area contributed by atoms with Crippen molar-refractivity contribution in [3.8, 4) is 0 Å². The Morgan fingerprint density at radius 2 is 1.52 bits per heavy atom. The van der Waals surface area contributed by atoms with E-state index in [1.165, 1.54) is 6.07 Å². The highest BCUT2D eigenvalue weighted by molar-refractivity contribution is 7.89. The molecule has 3 rings (SSSR count). The van der Waals surface area contributed by atoms with Gasteiger partial charge in [0, 0.05) is 26.2 Å². The summed E-state index contributed by atoms with van der Waals surface area (Å²) in [7, 11) is -3.22. The average molecular weight is 391 g/mol. The number of piperazine rings is 1. The summed E-state index contributed by atoms with van der Waals surface area (Å²) in [5.74, 6) is 0.0106. The molecule has 27 heavy (non-hydrogen) atoms. The van der Waals surface area contributed by atoms with Gasteiger partial charge in [-0.2, -0.15) is 4.31 Å². The van der Waals surface area contributed by atoms with E-state index in [0.717, 1.165) is 37.2 Å². The van der Waals surface area contributed by atoms with E-state index in [1.54, 1.807) is 10.4 Å². The van der Waals surface area contributed by atoms with E-state index in [4.69, 9.17) is 0 Å². The Hall–Kier alpha value is -1.76. The standard InChI is InChI=1S/C21H27FN2O2S/c22-21-11-5-4-9-20(21)10-6-13-23-14-16-24(17-15-23)27(25,26)18-12-19-7-2-1-3-8-19/h1-5,7-9,11H,6,10,12-18H2. The predicted molar refractivity (Wildman–Crippen MR) is 107 cm³/mol. The maximum absolute atomic E-state index is 13.6. The number of rotatable bonds is 8. The molecule has 1 saturated heterocycles. The van der Waals surface area contributed by atoms with Crippen LogP contribution in [0.25, 0.3) is 0 Å². The largest absolute Gasteiger partial charge is 0.301 e. The molecule has 4 nitrogen and oxygen atoms in total. The SMILES string of the molecule is O=S(=O)(CCc1ccccc1)N1CCN(CCCc2ccccc2F)CC1. The molecule has 0 aliphatic carbocycles. The molecular formula is C21H27FN2O2S. The molecule has 0 amide bonds. The second-order valence-electron chi connectivity index (χ2n) is 6.99. The molecule has 0 saturated carbocycles. The van der Waals surface area contributed by atoms with Gasteiger partial charge >= 0.3 is 0 Å². The summed E-state index contributed by atoms with van der Waals surface area (Å²) in [4.78, 5) is 2.27. The zero-order valence-corrected chi connectivity index (χ0v) is 16.4. The number of benzene rings is 2. The first-order valence-electron chi connectivity index (χ1n) is 9.52. The normalized spacial score (nSPS) is 16.5. The fourth-order valence-corrected chi connectivity index (χ4v) is 4.92. The highest BCUT2D eigenvalue weighted by Gasteiger charge is 2.26. The summed E-state index contributed by atoms with van der Waals surface area (Å²) in [6.45, 7) is 3.42. The number of hydrogen-bond donors (Lipinski definition) is 0. The molecule has 1 fully saturated rings. The Balaban J connectivity index is 1.40. The first-order chi connectivity index (χ1) is 13.0. The van der Waals surface area contributed by atoms with Crippen molar-refractivity contribution in [3.63, 3.8) is 0 Å². The smallest absolute Gasteiger partial charge is 0.214 e. The van der Waals surface area contributed by atoms with E-state index in [9.17, 15) is 12.8 Å². The zero-order valence-electron chi connectivity index (χ0n) is 15.6. The average Bonchev–Trinajstić information content (AvgIpc) is 2.69. The second kappa shape index (κ2) is 9.44. The van der Waals surface area contributed by atoms with Gasteiger partial charge in [-0.1, -0.05) is 48.5 Å². The molecular weight excluding hydrogens is 363 g/mol. The molecule has 1 aliphatic heterocycles. The lowest BCUT2D eigenvalue weighted by molar-refractivity contribution is 0.186. The van der Waals surface area contributed by atoms with Crippen molar-refractivity contribution in [2.75, 3.05) is 38.5 Å². The van der Waals surface area contributed by atoms with Gasteiger partial charge in [-0.05, 0) is 43.0 Å². The third-order valence-electron chi connectivity index (χ3n) is 5.09. The number of halogens is 1. The van der Waals surface area contributed by atoms with Crippen molar-refractivity contribution in [1.82, 2.24) is 9.21 Å². The zero-order chi connectivity index (χ0) is 19.1. The number of hydrogen-bond acceptors (Lipinski definition) is 3. The second-order valence-corrected chi connectivity index (χ2v) is 9.08. The minimum absolute atomic E-state index is 0.146. The lowest BCUT2D eigenvalue weighted by atomic mass is 10.1. The molecule has 2 aromatic rings. The molecule has 0 unspecified atom stereocenters. The van der Waals surface area contributed by atoms with E-state index in [2.05, 4.69) is 4.90 Å². The van der Waals surface area contributed by atoms with Crippen LogP contribution in [-0.4, -0.2) is 56.1 Å². The van der Waals surface area contributed by atoms with Crippen LogP contribution in [0.2, 0.25) is 0 Å². The van der Waals surface area contributed by atoms with Gasteiger partial charge < -0.3 is 4.90 Å². The monoisotopic (exact) mass is 390 g/mol. The van der Waals surface area contributed by atoms with Gasteiger partial charge in [0.05, 0.1) is 5.75 Å². The van der Waals surface area contributed by atoms with Crippen LogP contribution in [0.1, 0.15) is 17.5 Å². The third kappa shape index (κ3) is 5.86. The summed E-state index contributed by atoms with van der Waals surface area (Å²) < 4.78 is 40.4. The molecule has 0 bridgehead atoms. The van der Waals surface area contributed by atoms with Crippen LogP contribution in [0.4, 0.5) is 4.39 Å². The van der Waals surface area contributed by atoms with Gasteiger partial charge in [-0.3, -0.25) is 0 Å². The van der Waals surface area contributed by atoms with Crippen molar-refractivity contribution in [1.29, 1.82) is 0 Å². The van der Waals surface area contributed by atoms with Gasteiger partial charge in [0.25, 0.3) is 0 Å². The fourth-order valence-electron chi connectivity index (χ4n) is 3.45. The Morgan fingerprint density at radius 3 is 2.22 bits per heavy atom. The minimum Gasteiger partial charge on any atom is -0.301 e. The topological polar surface area (TPSA) is 40.6 Å². The lowest BCUT2D eigenvalue weighted by Gasteiger charge is -2.34. The summed E-state index contributed by atoms with van der Waals surface area (Å²) in [6.07, 6.45) is 2.13. The van der Waals surface area contributed by atoms with Crippen molar-refractivity contribution in [2.24, 2.45) is 0 Å². The Kier molecular flexibility index (Phi) is 6.99. The van der Waals surface area contributed by atoms with Gasteiger partial charge in [-0.15, -0.1) is 0 Å². The number of aryl methyl sites for hydroxylation is 2. The van der Waals surface area contributed by atoms with Crippen LogP contribution in [0, 0.1) is 5.82 Å². The molecule has 0 spiro atoms. The number of nitrogens with zero attached hydrogens (tertiary/aromatic N) is 2. The maximum Gasteiger partial charge on any atom is 0.214 e. The Labute approximate surface area is 161 Å². The molecule has 1 aliphatic rings. The summed E-state index contributed by atoms with van der Waals surface area (Å²) in [5.41, 5.74) is 1.80. The molecule has 146 valence electrons. The van der Waals surface area contributed by atoms with E-state index in [0.29, 0.717) is 25.9 Å². The van der Waals surface area contributed by atoms with Crippen LogP contribution in [0.5, 0.6) is 0 Å². The molecule has 0 radical (unpaired) electrons. The predicted octanol–water partition coefficient (Wildman–Crippen LogP) is 2.95. The summed E-state index contributed by atoms with van der Waals surface area (Å²) in [6, 6.07) is 16.6. The van der Waals surface area contributed by atoms with Crippen LogP contribution in [0.3, 0.4) is 0 Å². The van der Waals surface area contributed by atoms with Crippen LogP contribution < -0.4 is 0 Å². The van der Waals surface area contributed by atoms with E-state index in [-0.39, 0.29) is 11.6 Å². The molecule has 0 atom stereocenters. The van der Waals surface area contributed by atoms with Gasteiger partial charge in [0.15, 0.2) is 0 Å². The highest BCUT2D eigenvalue weighted by atomic mass is 32.2. The molecule has 0 N–H and O–H groups in total. The van der Waals surface area contributed by atoms with Gasteiger partial charge in [0.2, 0.25) is 10.0 Å². The molecule has 6 heteroatoms. The van der Waals surface area contributed by atoms with Crippen LogP contribution >= 0.6 is 0 Å². The van der Waals surface area contributed by atoms with Crippen molar-refractivity contribution in [3.05, 3.63) is 71.5 Å². The van der Waals surface area contributed by atoms with Crippen molar-refractivity contribution in [2.45, 2.75) is 19.3 Å². The number of sulfonamides is 1. The van der Waals surface area contributed by atoms with Crippen molar-refractivity contribution < 1.29 is 12.8 Å². The van der Waals surface area contributed by atoms with Crippen LogP contribution in [-0.2, 0) is 22.9 Å². The Bertz CT molecular complexity index is 819. The van der Waals surface area contributed by atoms with E-state index in [1.807, 2.05) is 42.5 Å². The Morgan fingerprint density at radius 1 is 0.852 bits per heavy atom. The van der Waals surface area contributed by atoms with E-state index >= 15 is 0 Å². The first kappa shape index (κ1) is 20.0. The van der Waals surface area contributed by atoms with Crippen LogP contribution in [0.15, 0.2) is 54.6 Å². The maximum atomic E-state index is 13.6. The van der Waals surface area contributed by atoms with E-state index < -0.39 is 10.0 Å². The quantitative estimate of drug-likeness (QED) is 0.696. The molecule has 2 aromatic carbocycles. The lowest BCUT2D eigenvalue weighted by Crippen LogP contribution is -2.49. The summed E-state index contributed by atoms with van der Waals surface area (Å²) in [5, 5.41) is 0. The molecule has 1 heterocycles. The van der Waals surface area contributed by atoms with Crippen molar-refractivity contribution >= 4 is 10.0 Å². The highest BCUT2D eigenvalue weighted by Crippen LogP contribution is 2.13. The fraction of sp³-hybridized carbons (Fsp3) is 0.429. The minimum atomic E-state index is -3.22. The molecule has 0 aromatic heterocycles. The first-order valence-corrected chi connectivity index (χ1v) is 11.1.